The summed E-state index contributed by atoms with van der Waals surface area (Å²) in [6.07, 6.45) is 4.96. The summed E-state index contributed by atoms with van der Waals surface area (Å²) < 4.78 is 11.1. The van der Waals surface area contributed by atoms with Crippen molar-refractivity contribution in [3.63, 3.8) is 0 Å². The predicted molar refractivity (Wildman–Crippen MR) is 98.0 cm³/mol. The molecule has 2 amide bonds. The van der Waals surface area contributed by atoms with Crippen LogP contribution in [0.25, 0.3) is 11.7 Å². The zero-order valence-electron chi connectivity index (χ0n) is 15.4. The van der Waals surface area contributed by atoms with Crippen molar-refractivity contribution >= 4 is 11.9 Å². The smallest absolute Gasteiger partial charge is 0.317 e. The van der Waals surface area contributed by atoms with Gasteiger partial charge in [-0.3, -0.25) is 0 Å². The number of anilines is 1. The molecule has 2 fully saturated rings. The zero-order chi connectivity index (χ0) is 18.8. The van der Waals surface area contributed by atoms with Gasteiger partial charge in [0, 0.05) is 32.2 Å². The van der Waals surface area contributed by atoms with Crippen LogP contribution in [0.15, 0.2) is 27.2 Å². The molecule has 0 radical (unpaired) electrons. The summed E-state index contributed by atoms with van der Waals surface area (Å²) >= 11 is 0. The van der Waals surface area contributed by atoms with Crippen LogP contribution in [0.4, 0.5) is 10.7 Å². The van der Waals surface area contributed by atoms with Crippen molar-refractivity contribution in [3.05, 3.63) is 24.1 Å². The second-order valence-corrected chi connectivity index (χ2v) is 7.20. The second-order valence-electron chi connectivity index (χ2n) is 7.20. The predicted octanol–water partition coefficient (Wildman–Crippen LogP) is 2.83. The number of piperazine rings is 1. The third-order valence-electron chi connectivity index (χ3n) is 5.47. The standard InChI is InChI=1S/C19H23N5O3/c1-13-4-2-5-14(13)22-19(25)24-9-7-23(8-10-24)18-15(12-20)21-17(27-18)16-6-3-11-26-16/h3,6,11,13-14H,2,4-5,7-10H2,1H3,(H,22,25)/t13-,14-/m1/s1. The normalized spacial score (nSPS) is 22.7. The molecule has 1 saturated carbocycles. The molecule has 27 heavy (non-hydrogen) atoms. The Balaban J connectivity index is 1.39. The molecular weight excluding hydrogens is 346 g/mol. The molecule has 1 N–H and O–H groups in total. The van der Waals surface area contributed by atoms with Gasteiger partial charge >= 0.3 is 6.03 Å². The van der Waals surface area contributed by atoms with E-state index in [0.29, 0.717) is 49.6 Å². The molecule has 8 heteroatoms. The van der Waals surface area contributed by atoms with Crippen molar-refractivity contribution in [1.29, 1.82) is 5.26 Å². The summed E-state index contributed by atoms with van der Waals surface area (Å²) in [5.41, 5.74) is 0.235. The second kappa shape index (κ2) is 7.35. The van der Waals surface area contributed by atoms with Crippen molar-refractivity contribution in [2.24, 2.45) is 5.92 Å². The SMILES string of the molecule is C[C@@H]1CCC[C@H]1NC(=O)N1CCN(c2oc(-c3ccco3)nc2C#N)CC1. The lowest BCUT2D eigenvalue weighted by Gasteiger charge is -2.35. The van der Waals surface area contributed by atoms with E-state index in [9.17, 15) is 10.1 Å². The number of nitrogens with zero attached hydrogens (tertiary/aromatic N) is 4. The van der Waals surface area contributed by atoms with Crippen LogP contribution < -0.4 is 10.2 Å². The maximum atomic E-state index is 12.5. The highest BCUT2D eigenvalue weighted by atomic mass is 16.4. The Kier molecular flexibility index (Phi) is 4.75. The Labute approximate surface area is 157 Å². The molecule has 8 nitrogen and oxygen atoms in total. The van der Waals surface area contributed by atoms with Crippen molar-refractivity contribution in [1.82, 2.24) is 15.2 Å². The summed E-state index contributed by atoms with van der Waals surface area (Å²) in [7, 11) is 0. The maximum Gasteiger partial charge on any atom is 0.317 e. The first-order valence-corrected chi connectivity index (χ1v) is 9.41. The van der Waals surface area contributed by atoms with Crippen molar-refractivity contribution < 1.29 is 13.6 Å². The molecule has 4 rings (SSSR count). The van der Waals surface area contributed by atoms with E-state index in [-0.39, 0.29) is 17.8 Å². The summed E-state index contributed by atoms with van der Waals surface area (Å²) in [6, 6.07) is 5.85. The monoisotopic (exact) mass is 369 g/mol. The molecule has 3 heterocycles. The summed E-state index contributed by atoms with van der Waals surface area (Å²) in [5.74, 6) is 1.76. The average Bonchev–Trinajstić information content (AvgIpc) is 3.43. The van der Waals surface area contributed by atoms with Gasteiger partial charge in [-0.15, -0.1) is 0 Å². The topological polar surface area (TPSA) is 98.5 Å². The van der Waals surface area contributed by atoms with Crippen molar-refractivity contribution in [2.75, 3.05) is 31.1 Å². The van der Waals surface area contributed by atoms with Gasteiger partial charge in [0.15, 0.2) is 5.76 Å². The molecule has 1 saturated heterocycles. The Morgan fingerprint density at radius 1 is 1.33 bits per heavy atom. The van der Waals surface area contributed by atoms with Gasteiger partial charge in [-0.25, -0.2) is 4.79 Å². The summed E-state index contributed by atoms with van der Waals surface area (Å²) in [5, 5.41) is 12.5. The van der Waals surface area contributed by atoms with Crippen LogP contribution in [0.5, 0.6) is 0 Å². The number of aromatic nitrogens is 1. The van der Waals surface area contributed by atoms with Gasteiger partial charge in [-0.2, -0.15) is 10.2 Å². The molecule has 0 bridgehead atoms. The number of hydrogen-bond acceptors (Lipinski definition) is 6. The van der Waals surface area contributed by atoms with Crippen LogP contribution in [-0.4, -0.2) is 48.1 Å². The van der Waals surface area contributed by atoms with Crippen molar-refractivity contribution in [3.8, 4) is 17.7 Å². The van der Waals surface area contributed by atoms with Crippen LogP contribution in [0.3, 0.4) is 0 Å². The lowest BCUT2D eigenvalue weighted by Crippen LogP contribution is -2.54. The highest BCUT2D eigenvalue weighted by Crippen LogP contribution is 2.29. The van der Waals surface area contributed by atoms with E-state index >= 15 is 0 Å². The van der Waals surface area contributed by atoms with E-state index < -0.39 is 0 Å². The van der Waals surface area contributed by atoms with E-state index in [1.807, 2.05) is 9.80 Å². The molecule has 2 aromatic rings. The number of nitrogens with one attached hydrogen (secondary N) is 1. The van der Waals surface area contributed by atoms with Gasteiger partial charge in [0.1, 0.15) is 6.07 Å². The Morgan fingerprint density at radius 3 is 2.78 bits per heavy atom. The van der Waals surface area contributed by atoms with Crippen LogP contribution >= 0.6 is 0 Å². The number of hydrogen-bond donors (Lipinski definition) is 1. The van der Waals surface area contributed by atoms with Gasteiger partial charge in [-0.05, 0) is 30.9 Å². The fraction of sp³-hybridized carbons (Fsp3) is 0.526. The van der Waals surface area contributed by atoms with Crippen LogP contribution in [-0.2, 0) is 0 Å². The highest BCUT2D eigenvalue weighted by molar-refractivity contribution is 5.75. The maximum absolute atomic E-state index is 12.5. The third-order valence-corrected chi connectivity index (χ3v) is 5.47. The first-order chi connectivity index (χ1) is 13.2. The number of oxazole rings is 1. The molecule has 1 aliphatic heterocycles. The minimum Gasteiger partial charge on any atom is -0.459 e. The number of carbonyl (C=O) groups excluding carboxylic acids is 1. The largest absolute Gasteiger partial charge is 0.459 e. The number of rotatable bonds is 3. The number of carbonyl (C=O) groups is 1. The molecule has 0 unspecified atom stereocenters. The fourth-order valence-corrected chi connectivity index (χ4v) is 3.83. The van der Waals surface area contributed by atoms with Gasteiger partial charge in [0.2, 0.25) is 11.6 Å². The molecule has 0 aromatic carbocycles. The molecule has 2 atom stereocenters. The van der Waals surface area contributed by atoms with E-state index in [4.69, 9.17) is 8.83 Å². The van der Waals surface area contributed by atoms with Crippen LogP contribution in [0.1, 0.15) is 31.9 Å². The lowest BCUT2D eigenvalue weighted by atomic mass is 10.1. The first-order valence-electron chi connectivity index (χ1n) is 9.41. The van der Waals surface area contributed by atoms with E-state index in [2.05, 4.69) is 23.3 Å². The molecular formula is C19H23N5O3. The Hall–Kier alpha value is -2.95. The molecule has 1 aliphatic carbocycles. The number of furan rings is 1. The van der Waals surface area contributed by atoms with E-state index in [1.54, 1.807) is 12.1 Å². The van der Waals surface area contributed by atoms with E-state index in [1.165, 1.54) is 19.1 Å². The van der Waals surface area contributed by atoms with Gasteiger partial charge in [0.05, 0.1) is 6.26 Å². The minimum absolute atomic E-state index is 0.00255. The highest BCUT2D eigenvalue weighted by Gasteiger charge is 2.30. The van der Waals surface area contributed by atoms with Gasteiger partial charge < -0.3 is 24.0 Å². The summed E-state index contributed by atoms with van der Waals surface area (Å²) in [4.78, 5) is 20.5. The number of amides is 2. The van der Waals surface area contributed by atoms with Gasteiger partial charge in [-0.1, -0.05) is 13.3 Å². The molecule has 2 aliphatic rings. The van der Waals surface area contributed by atoms with Crippen LogP contribution in [0, 0.1) is 17.2 Å². The third kappa shape index (κ3) is 3.50. The van der Waals surface area contributed by atoms with Crippen LogP contribution in [0.2, 0.25) is 0 Å². The fourth-order valence-electron chi connectivity index (χ4n) is 3.83. The minimum atomic E-state index is 0.00255. The quantitative estimate of drug-likeness (QED) is 0.893. The Morgan fingerprint density at radius 2 is 2.15 bits per heavy atom. The first kappa shape index (κ1) is 17.5. The molecule has 2 aromatic heterocycles. The van der Waals surface area contributed by atoms with Crippen molar-refractivity contribution in [2.45, 2.75) is 32.2 Å². The number of nitriles is 1. The van der Waals surface area contributed by atoms with Gasteiger partial charge in [0.25, 0.3) is 5.89 Å². The molecule has 0 spiro atoms. The Bertz CT molecular complexity index is 830. The molecule has 142 valence electrons. The van der Waals surface area contributed by atoms with E-state index in [0.717, 1.165) is 6.42 Å². The summed E-state index contributed by atoms with van der Waals surface area (Å²) in [6.45, 7) is 4.53. The lowest BCUT2D eigenvalue weighted by molar-refractivity contribution is 0.187. The number of urea groups is 1. The average molecular weight is 369 g/mol. The zero-order valence-corrected chi connectivity index (χ0v) is 15.4.